The molecule has 1 spiro atoms. The van der Waals surface area contributed by atoms with Crippen LogP contribution < -0.4 is 5.73 Å². The molecule has 2 heterocycles. The van der Waals surface area contributed by atoms with Crippen LogP contribution in [0.25, 0.3) is 0 Å². The Bertz CT molecular complexity index is 259. The SMILES string of the molecule is CC(N)CC(=O)C1CCOC2(CCOC2)C1. The van der Waals surface area contributed by atoms with Gasteiger partial charge in [-0.25, -0.2) is 0 Å². The van der Waals surface area contributed by atoms with Crippen molar-refractivity contribution in [3.8, 4) is 0 Å². The van der Waals surface area contributed by atoms with Crippen LogP contribution in [0.4, 0.5) is 0 Å². The lowest BCUT2D eigenvalue weighted by Gasteiger charge is -2.36. The molecule has 2 aliphatic rings. The van der Waals surface area contributed by atoms with Gasteiger partial charge in [-0.3, -0.25) is 4.79 Å². The highest BCUT2D eigenvalue weighted by molar-refractivity contribution is 5.81. The third-order valence-corrected chi connectivity index (χ3v) is 3.54. The van der Waals surface area contributed by atoms with E-state index in [9.17, 15) is 4.79 Å². The Kier molecular flexibility index (Phi) is 3.62. The zero-order valence-electron chi connectivity index (χ0n) is 9.91. The van der Waals surface area contributed by atoms with Gasteiger partial charge in [0.25, 0.3) is 0 Å². The quantitative estimate of drug-likeness (QED) is 0.777. The summed E-state index contributed by atoms with van der Waals surface area (Å²) in [5, 5.41) is 0. The van der Waals surface area contributed by atoms with E-state index in [1.807, 2.05) is 6.92 Å². The van der Waals surface area contributed by atoms with Gasteiger partial charge in [0.05, 0.1) is 12.2 Å². The molecule has 0 aromatic carbocycles. The maximum Gasteiger partial charge on any atom is 0.137 e. The number of ketones is 1. The minimum Gasteiger partial charge on any atom is -0.378 e. The molecule has 2 saturated heterocycles. The van der Waals surface area contributed by atoms with E-state index in [0.717, 1.165) is 25.9 Å². The van der Waals surface area contributed by atoms with Gasteiger partial charge in [-0.2, -0.15) is 0 Å². The lowest BCUT2D eigenvalue weighted by atomic mass is 9.81. The van der Waals surface area contributed by atoms with Crippen molar-refractivity contribution in [1.82, 2.24) is 0 Å². The van der Waals surface area contributed by atoms with Gasteiger partial charge in [-0.05, 0) is 19.8 Å². The number of hydrogen-bond donors (Lipinski definition) is 1. The largest absolute Gasteiger partial charge is 0.378 e. The highest BCUT2D eigenvalue weighted by atomic mass is 16.6. The second-order valence-corrected chi connectivity index (χ2v) is 5.17. The third kappa shape index (κ3) is 2.62. The van der Waals surface area contributed by atoms with Crippen molar-refractivity contribution < 1.29 is 14.3 Å². The molecule has 16 heavy (non-hydrogen) atoms. The molecule has 0 radical (unpaired) electrons. The van der Waals surface area contributed by atoms with Gasteiger partial charge in [0.15, 0.2) is 0 Å². The summed E-state index contributed by atoms with van der Waals surface area (Å²) < 4.78 is 11.2. The van der Waals surface area contributed by atoms with E-state index in [1.54, 1.807) is 0 Å². The summed E-state index contributed by atoms with van der Waals surface area (Å²) in [6.45, 7) is 3.97. The highest BCUT2D eigenvalue weighted by Gasteiger charge is 2.42. The maximum atomic E-state index is 12.0. The Morgan fingerprint density at radius 3 is 3.00 bits per heavy atom. The number of carbonyl (C=O) groups excluding carboxylic acids is 1. The van der Waals surface area contributed by atoms with Crippen LogP contribution >= 0.6 is 0 Å². The summed E-state index contributed by atoms with van der Waals surface area (Å²) in [7, 11) is 0. The molecule has 0 bridgehead atoms. The number of rotatable bonds is 3. The van der Waals surface area contributed by atoms with Gasteiger partial charge in [0.1, 0.15) is 5.78 Å². The molecule has 4 nitrogen and oxygen atoms in total. The number of nitrogens with two attached hydrogens (primary N) is 1. The highest BCUT2D eigenvalue weighted by Crippen LogP contribution is 2.36. The molecule has 0 aromatic rings. The predicted molar refractivity (Wildman–Crippen MR) is 60.1 cm³/mol. The predicted octanol–water partition coefficient (Wildman–Crippen LogP) is 0.878. The molecule has 3 atom stereocenters. The van der Waals surface area contributed by atoms with E-state index in [-0.39, 0.29) is 17.6 Å². The summed E-state index contributed by atoms with van der Waals surface area (Å²) in [5.41, 5.74) is 5.50. The third-order valence-electron chi connectivity index (χ3n) is 3.54. The Morgan fingerprint density at radius 2 is 2.38 bits per heavy atom. The van der Waals surface area contributed by atoms with Gasteiger partial charge >= 0.3 is 0 Å². The van der Waals surface area contributed by atoms with E-state index >= 15 is 0 Å². The van der Waals surface area contributed by atoms with Crippen molar-refractivity contribution in [2.75, 3.05) is 19.8 Å². The van der Waals surface area contributed by atoms with Crippen LogP contribution in [0, 0.1) is 5.92 Å². The van der Waals surface area contributed by atoms with Gasteiger partial charge in [0.2, 0.25) is 0 Å². The Morgan fingerprint density at radius 1 is 1.56 bits per heavy atom. The fourth-order valence-corrected chi connectivity index (χ4v) is 2.65. The van der Waals surface area contributed by atoms with Gasteiger partial charge in [-0.15, -0.1) is 0 Å². The smallest absolute Gasteiger partial charge is 0.137 e. The Hall–Kier alpha value is -0.450. The van der Waals surface area contributed by atoms with Gasteiger partial charge in [0, 0.05) is 38.0 Å². The monoisotopic (exact) mass is 227 g/mol. The topological polar surface area (TPSA) is 61.6 Å². The normalized spacial score (nSPS) is 36.5. The van der Waals surface area contributed by atoms with Crippen LogP contribution in [0.3, 0.4) is 0 Å². The summed E-state index contributed by atoms with van der Waals surface area (Å²) in [6, 6.07) is -0.0360. The molecule has 2 fully saturated rings. The molecule has 2 rings (SSSR count). The van der Waals surface area contributed by atoms with Crippen LogP contribution in [0.15, 0.2) is 0 Å². The zero-order valence-corrected chi connectivity index (χ0v) is 9.91. The first-order valence-corrected chi connectivity index (χ1v) is 6.11. The minimum absolute atomic E-state index is 0.0360. The van der Waals surface area contributed by atoms with E-state index in [2.05, 4.69) is 0 Å². The van der Waals surface area contributed by atoms with Crippen LogP contribution in [0.5, 0.6) is 0 Å². The summed E-state index contributed by atoms with van der Waals surface area (Å²) in [6.07, 6.45) is 3.07. The second-order valence-electron chi connectivity index (χ2n) is 5.17. The molecule has 0 saturated carbocycles. The van der Waals surface area contributed by atoms with Crippen molar-refractivity contribution in [2.45, 2.75) is 44.2 Å². The molecule has 3 unspecified atom stereocenters. The first-order chi connectivity index (χ1) is 7.61. The van der Waals surface area contributed by atoms with Crippen LogP contribution in [-0.4, -0.2) is 37.2 Å². The molecule has 0 amide bonds. The molecule has 4 heteroatoms. The van der Waals surface area contributed by atoms with E-state index < -0.39 is 0 Å². The summed E-state index contributed by atoms with van der Waals surface area (Å²) in [4.78, 5) is 12.0. The van der Waals surface area contributed by atoms with E-state index in [0.29, 0.717) is 25.4 Å². The second kappa shape index (κ2) is 4.82. The summed E-state index contributed by atoms with van der Waals surface area (Å²) >= 11 is 0. The maximum absolute atomic E-state index is 12.0. The lowest BCUT2D eigenvalue weighted by molar-refractivity contribution is -0.137. The summed E-state index contributed by atoms with van der Waals surface area (Å²) in [5.74, 6) is 0.422. The van der Waals surface area contributed by atoms with Gasteiger partial charge in [-0.1, -0.05) is 0 Å². The number of ether oxygens (including phenoxy) is 2. The van der Waals surface area contributed by atoms with Crippen molar-refractivity contribution in [1.29, 1.82) is 0 Å². The molecule has 0 aliphatic carbocycles. The standard InChI is InChI=1S/C12H21NO3/c1-9(13)6-11(14)10-2-4-16-12(7-10)3-5-15-8-12/h9-10H,2-8,13H2,1H3. The fourth-order valence-electron chi connectivity index (χ4n) is 2.65. The van der Waals surface area contributed by atoms with Crippen molar-refractivity contribution in [2.24, 2.45) is 11.7 Å². The lowest BCUT2D eigenvalue weighted by Crippen LogP contribution is -2.43. The van der Waals surface area contributed by atoms with Crippen LogP contribution in [0.2, 0.25) is 0 Å². The molecule has 92 valence electrons. The van der Waals surface area contributed by atoms with Crippen molar-refractivity contribution in [3.63, 3.8) is 0 Å². The molecular formula is C12H21NO3. The average molecular weight is 227 g/mol. The molecule has 2 N–H and O–H groups in total. The first kappa shape index (κ1) is 12.0. The van der Waals surface area contributed by atoms with Crippen molar-refractivity contribution >= 4 is 5.78 Å². The van der Waals surface area contributed by atoms with Gasteiger partial charge < -0.3 is 15.2 Å². The molecule has 2 aliphatic heterocycles. The van der Waals surface area contributed by atoms with Crippen molar-refractivity contribution in [3.05, 3.63) is 0 Å². The fraction of sp³-hybridized carbons (Fsp3) is 0.917. The zero-order chi connectivity index (χ0) is 11.6. The molecular weight excluding hydrogens is 206 g/mol. The van der Waals surface area contributed by atoms with Crippen LogP contribution in [0.1, 0.15) is 32.6 Å². The average Bonchev–Trinajstić information content (AvgIpc) is 2.65. The molecule has 0 aromatic heterocycles. The Balaban J connectivity index is 1.93. The van der Waals surface area contributed by atoms with Crippen LogP contribution in [-0.2, 0) is 14.3 Å². The first-order valence-electron chi connectivity index (χ1n) is 6.11. The Labute approximate surface area is 96.5 Å². The number of Topliss-reactive ketones (excluding diaryl/α,β-unsaturated/α-hetero) is 1. The van der Waals surface area contributed by atoms with E-state index in [1.165, 1.54) is 0 Å². The van der Waals surface area contributed by atoms with E-state index in [4.69, 9.17) is 15.2 Å². The number of hydrogen-bond acceptors (Lipinski definition) is 4. The minimum atomic E-state index is -0.170. The number of carbonyl (C=O) groups is 1.